The van der Waals surface area contributed by atoms with E-state index in [1.807, 2.05) is 12.1 Å². The summed E-state index contributed by atoms with van der Waals surface area (Å²) in [5.74, 6) is -1.59. The summed E-state index contributed by atoms with van der Waals surface area (Å²) in [4.78, 5) is 23.8. The minimum atomic E-state index is -4.56. The molecule has 0 aliphatic carbocycles. The van der Waals surface area contributed by atoms with Gasteiger partial charge < -0.3 is 10.1 Å². The zero-order valence-electron chi connectivity index (χ0n) is 15.2. The largest absolute Gasteiger partial charge is 0.452 e. The van der Waals surface area contributed by atoms with Gasteiger partial charge >= 0.3 is 12.1 Å². The summed E-state index contributed by atoms with van der Waals surface area (Å²) < 4.78 is 42.8. The molecule has 2 aromatic rings. The zero-order valence-corrected chi connectivity index (χ0v) is 15.2. The highest BCUT2D eigenvalue weighted by Crippen LogP contribution is 2.29. The third-order valence-corrected chi connectivity index (χ3v) is 3.79. The Kier molecular flexibility index (Phi) is 5.93. The second-order valence-corrected chi connectivity index (χ2v) is 7.03. The van der Waals surface area contributed by atoms with Crippen molar-refractivity contribution in [3.63, 3.8) is 0 Å². The van der Waals surface area contributed by atoms with Crippen LogP contribution in [0.1, 0.15) is 42.3 Å². The van der Waals surface area contributed by atoms with Crippen molar-refractivity contribution in [2.75, 3.05) is 11.9 Å². The molecule has 0 heterocycles. The summed E-state index contributed by atoms with van der Waals surface area (Å²) in [6.07, 6.45) is -4.56. The van der Waals surface area contributed by atoms with E-state index >= 15 is 0 Å². The van der Waals surface area contributed by atoms with Gasteiger partial charge in [-0.1, -0.05) is 39.0 Å². The van der Waals surface area contributed by atoms with E-state index in [1.165, 1.54) is 6.07 Å². The Bertz CT molecular complexity index is 822. The Balaban J connectivity index is 1.93. The maximum atomic E-state index is 12.7. The van der Waals surface area contributed by atoms with E-state index in [4.69, 9.17) is 4.74 Å². The first kappa shape index (κ1) is 20.5. The summed E-state index contributed by atoms with van der Waals surface area (Å²) in [6, 6.07) is 11.1. The second kappa shape index (κ2) is 7.82. The summed E-state index contributed by atoms with van der Waals surface area (Å²) in [5, 5.41) is 2.57. The lowest BCUT2D eigenvalue weighted by Gasteiger charge is -2.19. The molecule has 0 fully saturated rings. The van der Waals surface area contributed by atoms with Gasteiger partial charge in [-0.3, -0.25) is 4.79 Å². The van der Waals surface area contributed by atoms with Crippen LogP contribution < -0.4 is 5.32 Å². The third kappa shape index (κ3) is 5.84. The molecule has 27 heavy (non-hydrogen) atoms. The van der Waals surface area contributed by atoms with Gasteiger partial charge in [0, 0.05) is 5.69 Å². The van der Waals surface area contributed by atoms with Gasteiger partial charge in [0.15, 0.2) is 6.61 Å². The number of nitrogens with one attached hydrogen (secondary N) is 1. The van der Waals surface area contributed by atoms with Crippen LogP contribution in [0.5, 0.6) is 0 Å². The van der Waals surface area contributed by atoms with Crippen LogP contribution in [0.4, 0.5) is 18.9 Å². The first-order valence-electron chi connectivity index (χ1n) is 8.21. The lowest BCUT2D eigenvalue weighted by atomic mass is 9.87. The van der Waals surface area contributed by atoms with Crippen molar-refractivity contribution in [2.24, 2.45) is 0 Å². The lowest BCUT2D eigenvalue weighted by Crippen LogP contribution is -2.21. The molecule has 7 heteroatoms. The van der Waals surface area contributed by atoms with Crippen LogP contribution in [-0.4, -0.2) is 18.5 Å². The van der Waals surface area contributed by atoms with E-state index in [-0.39, 0.29) is 11.0 Å². The third-order valence-electron chi connectivity index (χ3n) is 3.79. The van der Waals surface area contributed by atoms with Crippen molar-refractivity contribution < 1.29 is 27.5 Å². The highest BCUT2D eigenvalue weighted by molar-refractivity contribution is 5.95. The molecule has 0 atom stereocenters. The molecule has 2 aromatic carbocycles. The standard InChI is InChI=1S/C20H20F3NO3/c1-19(2,3)14-7-9-16(10-8-14)24-17(25)12-27-18(26)13-5-4-6-15(11-13)20(21,22)23/h4-11H,12H2,1-3H3,(H,24,25). The Morgan fingerprint density at radius 3 is 2.15 bits per heavy atom. The molecule has 0 unspecified atom stereocenters. The number of hydrogen-bond acceptors (Lipinski definition) is 3. The molecule has 1 amide bonds. The Morgan fingerprint density at radius 1 is 0.963 bits per heavy atom. The van der Waals surface area contributed by atoms with Crippen LogP contribution in [0.2, 0.25) is 0 Å². The van der Waals surface area contributed by atoms with Crippen LogP contribution in [0.25, 0.3) is 0 Å². The summed E-state index contributed by atoms with van der Waals surface area (Å²) in [5.41, 5.74) is 0.371. The van der Waals surface area contributed by atoms with Gasteiger partial charge in [-0.25, -0.2) is 4.79 Å². The van der Waals surface area contributed by atoms with E-state index in [1.54, 1.807) is 12.1 Å². The molecule has 0 aliphatic heterocycles. The molecule has 0 spiro atoms. The maximum Gasteiger partial charge on any atom is 0.416 e. The number of esters is 1. The van der Waals surface area contributed by atoms with E-state index in [0.717, 1.165) is 17.7 Å². The molecule has 0 radical (unpaired) electrons. The predicted octanol–water partition coefficient (Wildman–Crippen LogP) is 4.80. The Hall–Kier alpha value is -2.83. The first-order chi connectivity index (χ1) is 12.5. The number of anilines is 1. The summed E-state index contributed by atoms with van der Waals surface area (Å²) in [6.45, 7) is 5.59. The SMILES string of the molecule is CC(C)(C)c1ccc(NC(=O)COC(=O)c2cccc(C(F)(F)F)c2)cc1. The topological polar surface area (TPSA) is 55.4 Å². The molecule has 144 valence electrons. The molecule has 0 aromatic heterocycles. The van der Waals surface area contributed by atoms with E-state index < -0.39 is 30.2 Å². The number of benzene rings is 2. The van der Waals surface area contributed by atoms with Crippen molar-refractivity contribution in [2.45, 2.75) is 32.4 Å². The number of halogens is 3. The van der Waals surface area contributed by atoms with Gasteiger partial charge in [-0.15, -0.1) is 0 Å². The van der Waals surface area contributed by atoms with Crippen molar-refractivity contribution in [1.29, 1.82) is 0 Å². The molecule has 0 aliphatic rings. The minimum Gasteiger partial charge on any atom is -0.452 e. The van der Waals surface area contributed by atoms with Crippen molar-refractivity contribution in [1.82, 2.24) is 0 Å². The van der Waals surface area contributed by atoms with Crippen LogP contribution in [0, 0.1) is 0 Å². The summed E-state index contributed by atoms with van der Waals surface area (Å²) in [7, 11) is 0. The quantitative estimate of drug-likeness (QED) is 0.777. The summed E-state index contributed by atoms with van der Waals surface area (Å²) >= 11 is 0. The Labute approximate surface area is 155 Å². The molecular weight excluding hydrogens is 359 g/mol. The van der Waals surface area contributed by atoms with Gasteiger partial charge in [0.2, 0.25) is 0 Å². The van der Waals surface area contributed by atoms with Gasteiger partial charge in [0.1, 0.15) is 0 Å². The van der Waals surface area contributed by atoms with E-state index in [0.29, 0.717) is 11.8 Å². The normalized spacial score (nSPS) is 11.8. The smallest absolute Gasteiger partial charge is 0.416 e. The zero-order chi connectivity index (χ0) is 20.2. The molecule has 0 saturated carbocycles. The van der Waals surface area contributed by atoms with E-state index in [9.17, 15) is 22.8 Å². The first-order valence-corrected chi connectivity index (χ1v) is 8.21. The number of amides is 1. The molecule has 0 saturated heterocycles. The number of ether oxygens (including phenoxy) is 1. The van der Waals surface area contributed by atoms with Gasteiger partial charge in [-0.2, -0.15) is 13.2 Å². The van der Waals surface area contributed by atoms with E-state index in [2.05, 4.69) is 26.1 Å². The molecule has 4 nitrogen and oxygen atoms in total. The number of rotatable bonds is 4. The molecule has 1 N–H and O–H groups in total. The maximum absolute atomic E-state index is 12.7. The fourth-order valence-corrected chi connectivity index (χ4v) is 2.29. The monoisotopic (exact) mass is 379 g/mol. The van der Waals surface area contributed by atoms with Crippen molar-refractivity contribution in [3.05, 3.63) is 65.2 Å². The Morgan fingerprint density at radius 2 is 1.59 bits per heavy atom. The lowest BCUT2D eigenvalue weighted by molar-refractivity contribution is -0.137. The number of carbonyl (C=O) groups excluding carboxylic acids is 2. The van der Waals surface area contributed by atoms with Gasteiger partial charge in [0.25, 0.3) is 5.91 Å². The number of alkyl halides is 3. The van der Waals surface area contributed by atoms with Crippen LogP contribution in [-0.2, 0) is 21.1 Å². The minimum absolute atomic E-state index is 0.0248. The van der Waals surface area contributed by atoms with Crippen LogP contribution in [0.15, 0.2) is 48.5 Å². The van der Waals surface area contributed by atoms with Crippen molar-refractivity contribution >= 4 is 17.6 Å². The predicted molar refractivity (Wildman–Crippen MR) is 95.5 cm³/mol. The number of hydrogen-bond donors (Lipinski definition) is 1. The average Bonchev–Trinajstić information content (AvgIpc) is 2.59. The molecular formula is C20H20F3NO3. The highest BCUT2D eigenvalue weighted by atomic mass is 19.4. The van der Waals surface area contributed by atoms with Gasteiger partial charge in [-0.05, 0) is 41.3 Å². The van der Waals surface area contributed by atoms with Crippen molar-refractivity contribution in [3.8, 4) is 0 Å². The van der Waals surface area contributed by atoms with Crippen LogP contribution in [0.3, 0.4) is 0 Å². The fourth-order valence-electron chi connectivity index (χ4n) is 2.29. The second-order valence-electron chi connectivity index (χ2n) is 7.03. The fraction of sp³-hybridized carbons (Fsp3) is 0.300. The highest BCUT2D eigenvalue weighted by Gasteiger charge is 2.31. The number of carbonyl (C=O) groups is 2. The average molecular weight is 379 g/mol. The van der Waals surface area contributed by atoms with Crippen LogP contribution >= 0.6 is 0 Å². The molecule has 0 bridgehead atoms. The molecule has 2 rings (SSSR count). The van der Waals surface area contributed by atoms with Gasteiger partial charge in [0.05, 0.1) is 11.1 Å².